The Balaban J connectivity index is 2.75. The van der Waals surface area contributed by atoms with E-state index >= 15 is 0 Å². The molecule has 0 spiro atoms. The van der Waals surface area contributed by atoms with Gasteiger partial charge in [-0.05, 0) is 44.9 Å². The highest BCUT2D eigenvalue weighted by molar-refractivity contribution is 7.89. The van der Waals surface area contributed by atoms with E-state index in [1.165, 1.54) is 12.1 Å². The van der Waals surface area contributed by atoms with Crippen molar-refractivity contribution in [1.29, 1.82) is 0 Å². The van der Waals surface area contributed by atoms with Gasteiger partial charge in [0.1, 0.15) is 0 Å². The Kier molecular flexibility index (Phi) is 10.2. The summed E-state index contributed by atoms with van der Waals surface area (Å²) in [5, 5.41) is 12.4. The van der Waals surface area contributed by atoms with Crippen molar-refractivity contribution in [2.75, 3.05) is 44.8 Å². The summed E-state index contributed by atoms with van der Waals surface area (Å²) >= 11 is 0. The first kappa shape index (κ1) is 22.4. The molecule has 1 rings (SSSR count). The highest BCUT2D eigenvalue weighted by Gasteiger charge is 2.18. The van der Waals surface area contributed by atoms with E-state index in [9.17, 15) is 18.3 Å². The molecule has 3 N–H and O–H groups in total. The number of carboxylic acids is 1. The van der Waals surface area contributed by atoms with Crippen LogP contribution in [0.5, 0.6) is 0 Å². The number of sulfonamides is 1. The molecule has 0 aliphatic carbocycles. The quantitative estimate of drug-likeness (QED) is 0.417. The van der Waals surface area contributed by atoms with Crippen LogP contribution in [0.4, 0.5) is 5.69 Å². The number of carbonyl (C=O) groups is 1. The lowest BCUT2D eigenvalue weighted by atomic mass is 10.2. The second-order valence-electron chi connectivity index (χ2n) is 5.44. The Morgan fingerprint density at radius 3 is 2.27 bits per heavy atom. The monoisotopic (exact) mass is 388 g/mol. The molecule has 148 valence electrons. The third-order valence-corrected chi connectivity index (χ3v) is 4.94. The summed E-state index contributed by atoms with van der Waals surface area (Å²) in [6.45, 7) is 6.76. The van der Waals surface area contributed by atoms with Crippen molar-refractivity contribution in [3.05, 3.63) is 23.8 Å². The van der Waals surface area contributed by atoms with Crippen LogP contribution in [-0.2, 0) is 19.5 Å². The van der Waals surface area contributed by atoms with Crippen molar-refractivity contribution in [2.24, 2.45) is 0 Å². The highest BCUT2D eigenvalue weighted by Crippen LogP contribution is 2.21. The molecule has 8 nitrogen and oxygen atoms in total. The number of anilines is 1. The van der Waals surface area contributed by atoms with Gasteiger partial charge in [-0.25, -0.2) is 17.9 Å². The van der Waals surface area contributed by atoms with Gasteiger partial charge in [-0.1, -0.05) is 0 Å². The molecule has 0 heterocycles. The second-order valence-corrected chi connectivity index (χ2v) is 7.21. The predicted octanol–water partition coefficient (Wildman–Crippen LogP) is 1.93. The highest BCUT2D eigenvalue weighted by atomic mass is 32.2. The second kappa shape index (κ2) is 11.8. The summed E-state index contributed by atoms with van der Waals surface area (Å²) in [6.07, 6.45) is 1.26. The Bertz CT molecular complexity index is 663. The maximum atomic E-state index is 12.3. The summed E-state index contributed by atoms with van der Waals surface area (Å²) in [4.78, 5) is 11.4. The van der Waals surface area contributed by atoms with Crippen molar-refractivity contribution < 1.29 is 27.8 Å². The number of hydrogen-bond donors (Lipinski definition) is 3. The van der Waals surface area contributed by atoms with Gasteiger partial charge in [0.15, 0.2) is 0 Å². The third-order valence-electron chi connectivity index (χ3n) is 3.48. The minimum atomic E-state index is -3.77. The average molecular weight is 388 g/mol. The molecule has 0 amide bonds. The number of benzene rings is 1. The van der Waals surface area contributed by atoms with Gasteiger partial charge in [0.25, 0.3) is 0 Å². The molecule has 1 aromatic rings. The van der Waals surface area contributed by atoms with Gasteiger partial charge in [-0.15, -0.1) is 0 Å². The zero-order valence-electron chi connectivity index (χ0n) is 15.3. The Morgan fingerprint density at radius 1 is 1.08 bits per heavy atom. The molecule has 0 aromatic heterocycles. The Hall–Kier alpha value is -1.68. The average Bonchev–Trinajstić information content (AvgIpc) is 2.61. The van der Waals surface area contributed by atoms with Gasteiger partial charge in [0, 0.05) is 45.2 Å². The maximum absolute atomic E-state index is 12.3. The molecule has 0 fully saturated rings. The smallest absolute Gasteiger partial charge is 0.337 e. The molecule has 0 atom stereocenters. The molecule has 0 aliphatic heterocycles. The molecule has 0 saturated heterocycles. The van der Waals surface area contributed by atoms with E-state index < -0.39 is 16.0 Å². The number of rotatable bonds is 14. The van der Waals surface area contributed by atoms with Crippen molar-refractivity contribution in [2.45, 2.75) is 31.6 Å². The zero-order chi connectivity index (χ0) is 19.4. The van der Waals surface area contributed by atoms with E-state index in [0.29, 0.717) is 51.5 Å². The standard InChI is InChI=1S/C17H28N2O6S/c1-3-24-11-5-9-18-16-8-7-14(13-15(16)17(20)21)26(22,23)19-10-6-12-25-4-2/h7-8,13,18-19H,3-6,9-12H2,1-2H3,(H,20,21). The predicted molar refractivity (Wildman–Crippen MR) is 99.3 cm³/mol. The van der Waals surface area contributed by atoms with Crippen LogP contribution in [0.15, 0.2) is 23.1 Å². The maximum Gasteiger partial charge on any atom is 0.337 e. The van der Waals surface area contributed by atoms with E-state index in [-0.39, 0.29) is 17.0 Å². The Morgan fingerprint density at radius 2 is 1.69 bits per heavy atom. The fourth-order valence-corrected chi connectivity index (χ4v) is 3.27. The van der Waals surface area contributed by atoms with Gasteiger partial charge in [-0.3, -0.25) is 0 Å². The van der Waals surface area contributed by atoms with Gasteiger partial charge < -0.3 is 19.9 Å². The minimum absolute atomic E-state index is 0.0776. The van der Waals surface area contributed by atoms with Gasteiger partial charge in [0.2, 0.25) is 10.0 Å². The zero-order valence-corrected chi connectivity index (χ0v) is 16.1. The molecule has 9 heteroatoms. The van der Waals surface area contributed by atoms with Gasteiger partial charge in [-0.2, -0.15) is 0 Å². The van der Waals surface area contributed by atoms with Crippen molar-refractivity contribution in [3.63, 3.8) is 0 Å². The third kappa shape index (κ3) is 7.69. The van der Waals surface area contributed by atoms with E-state index in [1.54, 1.807) is 0 Å². The van der Waals surface area contributed by atoms with Crippen LogP contribution in [0.1, 0.15) is 37.0 Å². The fraction of sp³-hybridized carbons (Fsp3) is 0.588. The van der Waals surface area contributed by atoms with Crippen LogP contribution in [0.3, 0.4) is 0 Å². The van der Waals surface area contributed by atoms with Crippen molar-refractivity contribution >= 4 is 21.7 Å². The van der Waals surface area contributed by atoms with E-state index in [2.05, 4.69) is 10.0 Å². The molecule has 0 aliphatic rings. The lowest BCUT2D eigenvalue weighted by Gasteiger charge is -2.12. The van der Waals surface area contributed by atoms with Crippen LogP contribution in [0.2, 0.25) is 0 Å². The first-order chi connectivity index (χ1) is 12.4. The summed E-state index contributed by atoms with van der Waals surface area (Å²) in [6, 6.07) is 4.03. The minimum Gasteiger partial charge on any atom is -0.478 e. The van der Waals surface area contributed by atoms with Crippen LogP contribution in [-0.4, -0.2) is 59.0 Å². The first-order valence-corrected chi connectivity index (χ1v) is 10.2. The largest absolute Gasteiger partial charge is 0.478 e. The summed E-state index contributed by atoms with van der Waals surface area (Å²) in [5.41, 5.74) is 0.294. The SMILES string of the molecule is CCOCCCNc1ccc(S(=O)(=O)NCCCOCC)cc1C(=O)O. The van der Waals surface area contributed by atoms with Crippen molar-refractivity contribution in [3.8, 4) is 0 Å². The molecule has 1 aromatic carbocycles. The molecule has 0 unspecified atom stereocenters. The fourth-order valence-electron chi connectivity index (χ4n) is 2.17. The topological polar surface area (TPSA) is 114 Å². The Labute approximate surface area is 154 Å². The van der Waals surface area contributed by atoms with E-state index in [4.69, 9.17) is 9.47 Å². The number of hydrogen-bond acceptors (Lipinski definition) is 6. The summed E-state index contributed by atoms with van der Waals surface area (Å²) in [5.74, 6) is -1.19. The molecule has 0 saturated carbocycles. The molecular weight excluding hydrogens is 360 g/mol. The van der Waals surface area contributed by atoms with E-state index in [1.807, 2.05) is 13.8 Å². The van der Waals surface area contributed by atoms with Crippen LogP contribution in [0.25, 0.3) is 0 Å². The van der Waals surface area contributed by atoms with Crippen LogP contribution >= 0.6 is 0 Å². The van der Waals surface area contributed by atoms with Gasteiger partial charge >= 0.3 is 5.97 Å². The lowest BCUT2D eigenvalue weighted by Crippen LogP contribution is -2.26. The van der Waals surface area contributed by atoms with Gasteiger partial charge in [0.05, 0.1) is 10.5 Å². The normalized spacial score (nSPS) is 11.5. The first-order valence-electron chi connectivity index (χ1n) is 8.68. The molecular formula is C17H28N2O6S. The van der Waals surface area contributed by atoms with E-state index in [0.717, 1.165) is 6.07 Å². The van der Waals surface area contributed by atoms with Crippen molar-refractivity contribution in [1.82, 2.24) is 4.72 Å². The summed E-state index contributed by atoms with van der Waals surface area (Å²) in [7, 11) is -3.77. The number of nitrogens with one attached hydrogen (secondary N) is 2. The number of aromatic carboxylic acids is 1. The lowest BCUT2D eigenvalue weighted by molar-refractivity contribution is 0.0697. The molecule has 0 radical (unpaired) electrons. The van der Waals surface area contributed by atoms with Crippen LogP contribution < -0.4 is 10.0 Å². The summed E-state index contributed by atoms with van der Waals surface area (Å²) < 4.78 is 37.4. The van der Waals surface area contributed by atoms with Crippen LogP contribution in [0, 0.1) is 0 Å². The number of carboxylic acid groups (broad SMARTS) is 1. The molecule has 26 heavy (non-hydrogen) atoms. The number of ether oxygens (including phenoxy) is 2. The molecule has 0 bridgehead atoms.